The Hall–Kier alpha value is -1.50. The van der Waals surface area contributed by atoms with Crippen LogP contribution >= 0.6 is 22.6 Å². The zero-order valence-corrected chi connectivity index (χ0v) is 13.8. The van der Waals surface area contributed by atoms with Crippen molar-refractivity contribution in [1.82, 2.24) is 9.55 Å². The smallest absolute Gasteiger partial charge is 0.267 e. The van der Waals surface area contributed by atoms with Crippen molar-refractivity contribution in [2.24, 2.45) is 0 Å². The number of halogens is 1. The molecule has 0 N–H and O–H groups in total. The van der Waals surface area contributed by atoms with Crippen molar-refractivity contribution in [1.29, 1.82) is 0 Å². The van der Waals surface area contributed by atoms with E-state index in [1.807, 2.05) is 54.6 Å². The number of nitrogens with zero attached hydrogens (tertiary/aromatic N) is 2. The molecular formula is C15H15IN2O2. The molecule has 0 aliphatic rings. The molecule has 20 heavy (non-hydrogen) atoms. The van der Waals surface area contributed by atoms with E-state index in [0.717, 1.165) is 11.1 Å². The summed E-state index contributed by atoms with van der Waals surface area (Å²) in [5.74, 6) is -0.0777. The molecule has 0 bridgehead atoms. The number of carbonyl (C=O) groups is 1. The lowest BCUT2D eigenvalue weighted by atomic mass is 10.0. The van der Waals surface area contributed by atoms with Gasteiger partial charge >= 0.3 is 0 Å². The van der Waals surface area contributed by atoms with E-state index in [0.29, 0.717) is 14.8 Å². The average Bonchev–Trinajstić information content (AvgIpc) is 2.39. The highest BCUT2D eigenvalue weighted by Crippen LogP contribution is 2.12. The molecule has 0 spiro atoms. The van der Waals surface area contributed by atoms with Crippen molar-refractivity contribution in [3.8, 4) is 0 Å². The molecule has 2 aromatic rings. The highest BCUT2D eigenvalue weighted by atomic mass is 127. The maximum atomic E-state index is 12.3. The molecule has 1 heterocycles. The second kappa shape index (κ2) is 5.87. The van der Waals surface area contributed by atoms with E-state index in [-0.39, 0.29) is 17.9 Å². The number of Topliss-reactive ketones (excluding diaryl/α,β-unsaturated/α-hetero) is 1. The first-order chi connectivity index (χ1) is 9.40. The van der Waals surface area contributed by atoms with Gasteiger partial charge in [-0.1, -0.05) is 23.8 Å². The van der Waals surface area contributed by atoms with Crippen molar-refractivity contribution in [2.45, 2.75) is 27.3 Å². The molecule has 4 nitrogen and oxygen atoms in total. The van der Waals surface area contributed by atoms with Crippen molar-refractivity contribution in [3.05, 3.63) is 60.8 Å². The summed E-state index contributed by atoms with van der Waals surface area (Å²) < 4.78 is 1.91. The zero-order valence-electron chi connectivity index (χ0n) is 11.6. The Morgan fingerprint density at radius 1 is 1.30 bits per heavy atom. The van der Waals surface area contributed by atoms with Gasteiger partial charge in [-0.15, -0.1) is 0 Å². The van der Waals surface area contributed by atoms with Crippen LogP contribution in [-0.2, 0) is 6.54 Å². The van der Waals surface area contributed by atoms with Gasteiger partial charge in [-0.25, -0.2) is 4.98 Å². The SMILES string of the molecule is Cc1ccc(C(=O)Cn2cnc(C)c(I)c2=O)c(C)c1. The summed E-state index contributed by atoms with van der Waals surface area (Å²) in [4.78, 5) is 28.5. The number of hydrogen-bond donors (Lipinski definition) is 0. The van der Waals surface area contributed by atoms with Crippen LogP contribution in [0.2, 0.25) is 0 Å². The summed E-state index contributed by atoms with van der Waals surface area (Å²) in [6.07, 6.45) is 1.43. The number of rotatable bonds is 3. The van der Waals surface area contributed by atoms with E-state index < -0.39 is 0 Å². The standard InChI is InChI=1S/C15H15IN2O2/c1-9-4-5-12(10(2)6-9)13(19)7-18-8-17-11(3)14(16)15(18)20/h4-6,8H,7H2,1-3H3. The quantitative estimate of drug-likeness (QED) is 0.606. The molecule has 1 aromatic heterocycles. The van der Waals surface area contributed by atoms with Gasteiger partial charge in [0.15, 0.2) is 5.78 Å². The van der Waals surface area contributed by atoms with Crippen molar-refractivity contribution in [2.75, 3.05) is 0 Å². The topological polar surface area (TPSA) is 52.0 Å². The Morgan fingerprint density at radius 3 is 2.65 bits per heavy atom. The first kappa shape index (κ1) is 14.9. The van der Waals surface area contributed by atoms with E-state index in [2.05, 4.69) is 4.98 Å². The van der Waals surface area contributed by atoms with Crippen LogP contribution in [0.4, 0.5) is 0 Å². The van der Waals surface area contributed by atoms with Gasteiger partial charge in [0.05, 0.1) is 22.1 Å². The molecule has 0 radical (unpaired) electrons. The van der Waals surface area contributed by atoms with E-state index >= 15 is 0 Å². The predicted octanol–water partition coefficient (Wildman–Crippen LogP) is 2.66. The van der Waals surface area contributed by atoms with Gasteiger partial charge in [0.1, 0.15) is 0 Å². The number of benzene rings is 1. The summed E-state index contributed by atoms with van der Waals surface area (Å²) in [5.41, 5.74) is 3.21. The Morgan fingerprint density at radius 2 is 2.00 bits per heavy atom. The van der Waals surface area contributed by atoms with Gasteiger partial charge in [-0.3, -0.25) is 14.2 Å². The predicted molar refractivity (Wildman–Crippen MR) is 86.2 cm³/mol. The highest BCUT2D eigenvalue weighted by molar-refractivity contribution is 14.1. The van der Waals surface area contributed by atoms with Crippen molar-refractivity contribution in [3.63, 3.8) is 0 Å². The minimum Gasteiger partial charge on any atom is -0.292 e. The summed E-state index contributed by atoms with van der Waals surface area (Å²) >= 11 is 1.96. The zero-order chi connectivity index (χ0) is 14.9. The van der Waals surface area contributed by atoms with Gasteiger partial charge in [0.2, 0.25) is 0 Å². The van der Waals surface area contributed by atoms with Crippen LogP contribution in [0.1, 0.15) is 27.2 Å². The third-order valence-electron chi connectivity index (χ3n) is 3.15. The minimum atomic E-state index is -0.170. The second-order valence-corrected chi connectivity index (χ2v) is 5.90. The maximum absolute atomic E-state index is 12.3. The third-order valence-corrected chi connectivity index (χ3v) is 4.40. The van der Waals surface area contributed by atoms with E-state index in [1.165, 1.54) is 10.9 Å². The van der Waals surface area contributed by atoms with Crippen LogP contribution in [0.3, 0.4) is 0 Å². The largest absolute Gasteiger partial charge is 0.292 e. The van der Waals surface area contributed by atoms with Crippen LogP contribution in [0.25, 0.3) is 0 Å². The van der Waals surface area contributed by atoms with Crippen LogP contribution in [-0.4, -0.2) is 15.3 Å². The normalized spacial score (nSPS) is 10.6. The molecule has 1 aromatic carbocycles. The van der Waals surface area contributed by atoms with E-state index in [4.69, 9.17) is 0 Å². The molecule has 0 saturated carbocycles. The van der Waals surface area contributed by atoms with Gasteiger partial charge in [0, 0.05) is 5.56 Å². The van der Waals surface area contributed by atoms with Crippen LogP contribution in [0.5, 0.6) is 0 Å². The van der Waals surface area contributed by atoms with Crippen molar-refractivity contribution >= 4 is 28.4 Å². The number of aromatic nitrogens is 2. The van der Waals surface area contributed by atoms with Crippen LogP contribution < -0.4 is 5.56 Å². The summed E-state index contributed by atoms with van der Waals surface area (Å²) in [7, 11) is 0. The first-order valence-electron chi connectivity index (χ1n) is 6.22. The second-order valence-electron chi connectivity index (χ2n) is 4.82. The molecule has 0 aliphatic carbocycles. The van der Waals surface area contributed by atoms with Crippen molar-refractivity contribution < 1.29 is 4.79 Å². The minimum absolute atomic E-state index is 0.0199. The molecule has 0 saturated heterocycles. The van der Waals surface area contributed by atoms with Crippen LogP contribution in [0.15, 0.2) is 29.3 Å². The molecule has 0 aliphatic heterocycles. The summed E-state index contributed by atoms with van der Waals surface area (Å²) in [6, 6.07) is 5.68. The Balaban J connectivity index is 2.33. The van der Waals surface area contributed by atoms with Gasteiger partial charge < -0.3 is 0 Å². The Kier molecular flexibility index (Phi) is 4.37. The van der Waals surface area contributed by atoms with E-state index in [9.17, 15) is 9.59 Å². The monoisotopic (exact) mass is 382 g/mol. The molecule has 5 heteroatoms. The van der Waals surface area contributed by atoms with Gasteiger partial charge in [-0.05, 0) is 48.9 Å². The fraction of sp³-hybridized carbons (Fsp3) is 0.267. The number of hydrogen-bond acceptors (Lipinski definition) is 3. The fourth-order valence-electron chi connectivity index (χ4n) is 2.03. The summed E-state index contributed by atoms with van der Waals surface area (Å²) in [6.45, 7) is 5.68. The number of carbonyl (C=O) groups excluding carboxylic acids is 1. The summed E-state index contributed by atoms with van der Waals surface area (Å²) in [5, 5.41) is 0. The number of ketones is 1. The average molecular weight is 382 g/mol. The molecular weight excluding hydrogens is 367 g/mol. The third kappa shape index (κ3) is 2.98. The van der Waals surface area contributed by atoms with E-state index in [1.54, 1.807) is 6.92 Å². The van der Waals surface area contributed by atoms with Gasteiger partial charge in [0.25, 0.3) is 5.56 Å². The highest BCUT2D eigenvalue weighted by Gasteiger charge is 2.12. The Bertz CT molecular complexity index is 735. The Labute approximate surface area is 131 Å². The molecule has 2 rings (SSSR count). The maximum Gasteiger partial charge on any atom is 0.267 e. The molecule has 0 unspecified atom stereocenters. The first-order valence-corrected chi connectivity index (χ1v) is 7.30. The van der Waals surface area contributed by atoms with Gasteiger partial charge in [-0.2, -0.15) is 0 Å². The molecule has 0 amide bonds. The lowest BCUT2D eigenvalue weighted by Crippen LogP contribution is -2.27. The van der Waals surface area contributed by atoms with Crippen LogP contribution in [0, 0.1) is 24.3 Å². The fourth-order valence-corrected chi connectivity index (χ4v) is 2.47. The molecule has 0 atom stereocenters. The molecule has 104 valence electrons. The lowest BCUT2D eigenvalue weighted by molar-refractivity contribution is 0.0969. The molecule has 0 fully saturated rings. The lowest BCUT2D eigenvalue weighted by Gasteiger charge is -2.09. The number of aryl methyl sites for hydroxylation is 3.